The molecule has 0 aromatic rings. The molecule has 0 amide bonds. The lowest BCUT2D eigenvalue weighted by Gasteiger charge is -1.89. The second-order valence-electron chi connectivity index (χ2n) is 2.41. The monoisotopic (exact) mass is 125 g/mol. The SMILES string of the molecule is C=C1O[C]1CCCCC. The van der Waals surface area contributed by atoms with E-state index in [4.69, 9.17) is 4.74 Å². The summed E-state index contributed by atoms with van der Waals surface area (Å²) in [5.41, 5.74) is 0. The maximum Gasteiger partial charge on any atom is 0.211 e. The quantitative estimate of drug-likeness (QED) is 0.415. The Morgan fingerprint density at radius 1 is 1.44 bits per heavy atom. The number of hydrogen-bond donors (Lipinski definition) is 0. The van der Waals surface area contributed by atoms with Gasteiger partial charge in [0.25, 0.3) is 0 Å². The van der Waals surface area contributed by atoms with Gasteiger partial charge in [0.05, 0.1) is 0 Å². The molecule has 0 N–H and O–H groups in total. The minimum Gasteiger partial charge on any atom is -0.475 e. The molecule has 0 spiro atoms. The van der Waals surface area contributed by atoms with E-state index in [1.807, 2.05) is 0 Å². The topological polar surface area (TPSA) is 12.5 Å². The Bertz CT molecular complexity index is 107. The van der Waals surface area contributed by atoms with E-state index < -0.39 is 0 Å². The largest absolute Gasteiger partial charge is 0.475 e. The summed E-state index contributed by atoms with van der Waals surface area (Å²) in [6.45, 7) is 5.87. The highest BCUT2D eigenvalue weighted by Gasteiger charge is 2.31. The first-order valence-corrected chi connectivity index (χ1v) is 3.57. The van der Waals surface area contributed by atoms with Gasteiger partial charge in [0.2, 0.25) is 6.10 Å². The molecule has 1 radical (unpaired) electrons. The van der Waals surface area contributed by atoms with Crippen LogP contribution in [-0.4, -0.2) is 0 Å². The number of rotatable bonds is 4. The van der Waals surface area contributed by atoms with E-state index in [1.54, 1.807) is 0 Å². The van der Waals surface area contributed by atoms with Gasteiger partial charge in [-0.1, -0.05) is 26.3 Å². The number of epoxide rings is 1. The van der Waals surface area contributed by atoms with Crippen molar-refractivity contribution in [1.82, 2.24) is 0 Å². The van der Waals surface area contributed by atoms with Crippen molar-refractivity contribution in [2.24, 2.45) is 0 Å². The van der Waals surface area contributed by atoms with Gasteiger partial charge in [-0.15, -0.1) is 0 Å². The van der Waals surface area contributed by atoms with E-state index >= 15 is 0 Å². The first-order valence-electron chi connectivity index (χ1n) is 3.57. The molecule has 1 heterocycles. The molecular weight excluding hydrogens is 112 g/mol. The summed E-state index contributed by atoms with van der Waals surface area (Å²) >= 11 is 0. The number of ether oxygens (including phenoxy) is 1. The van der Waals surface area contributed by atoms with E-state index in [0.717, 1.165) is 18.3 Å². The van der Waals surface area contributed by atoms with Crippen LogP contribution in [0.1, 0.15) is 32.6 Å². The summed E-state index contributed by atoms with van der Waals surface area (Å²) in [6, 6.07) is 0. The minimum atomic E-state index is 0.908. The van der Waals surface area contributed by atoms with Crippen molar-refractivity contribution in [1.29, 1.82) is 0 Å². The summed E-state index contributed by atoms with van der Waals surface area (Å²) in [7, 11) is 0. The van der Waals surface area contributed by atoms with Crippen molar-refractivity contribution >= 4 is 0 Å². The summed E-state index contributed by atoms with van der Waals surface area (Å²) in [6.07, 6.45) is 6.07. The van der Waals surface area contributed by atoms with Crippen LogP contribution < -0.4 is 0 Å². The maximum atomic E-state index is 4.99. The molecule has 1 heteroatoms. The summed E-state index contributed by atoms with van der Waals surface area (Å²) in [4.78, 5) is 0. The fourth-order valence-electron chi connectivity index (χ4n) is 0.849. The van der Waals surface area contributed by atoms with Crippen LogP contribution in [0, 0.1) is 6.10 Å². The van der Waals surface area contributed by atoms with Crippen molar-refractivity contribution in [3.05, 3.63) is 18.4 Å². The third-order valence-corrected chi connectivity index (χ3v) is 1.52. The molecule has 1 aliphatic heterocycles. The van der Waals surface area contributed by atoms with Crippen molar-refractivity contribution in [2.75, 3.05) is 0 Å². The van der Waals surface area contributed by atoms with E-state index in [-0.39, 0.29) is 0 Å². The summed E-state index contributed by atoms with van der Waals surface area (Å²) < 4.78 is 4.99. The van der Waals surface area contributed by atoms with Gasteiger partial charge >= 0.3 is 0 Å². The van der Waals surface area contributed by atoms with Gasteiger partial charge in [-0.25, -0.2) is 0 Å². The molecule has 0 saturated carbocycles. The third kappa shape index (κ3) is 2.08. The highest BCUT2D eigenvalue weighted by atomic mass is 16.6. The molecule has 0 aromatic heterocycles. The number of unbranched alkanes of at least 4 members (excludes halogenated alkanes) is 2. The third-order valence-electron chi connectivity index (χ3n) is 1.52. The second kappa shape index (κ2) is 2.90. The Hall–Kier alpha value is -0.460. The molecule has 1 saturated heterocycles. The van der Waals surface area contributed by atoms with Gasteiger partial charge in [0.1, 0.15) is 5.76 Å². The van der Waals surface area contributed by atoms with Crippen molar-refractivity contribution in [3.63, 3.8) is 0 Å². The average molecular weight is 125 g/mol. The van der Waals surface area contributed by atoms with Gasteiger partial charge < -0.3 is 4.74 Å². The molecule has 0 unspecified atom stereocenters. The predicted octanol–water partition coefficient (Wildman–Crippen LogP) is 2.64. The molecule has 9 heavy (non-hydrogen) atoms. The van der Waals surface area contributed by atoms with Crippen LogP contribution in [0.3, 0.4) is 0 Å². The zero-order chi connectivity index (χ0) is 6.69. The second-order valence-corrected chi connectivity index (χ2v) is 2.41. The Morgan fingerprint density at radius 2 is 2.11 bits per heavy atom. The van der Waals surface area contributed by atoms with Crippen LogP contribution in [0.25, 0.3) is 0 Å². The Balaban J connectivity index is 1.88. The Kier molecular flexibility index (Phi) is 2.15. The average Bonchev–Trinajstić information content (AvgIpc) is 2.48. The lowest BCUT2D eigenvalue weighted by atomic mass is 10.1. The first kappa shape index (κ1) is 6.66. The normalized spacial score (nSPS) is 17.7. The van der Waals surface area contributed by atoms with Crippen LogP contribution in [0.15, 0.2) is 12.3 Å². The number of hydrogen-bond acceptors (Lipinski definition) is 1. The van der Waals surface area contributed by atoms with Crippen LogP contribution in [0.2, 0.25) is 0 Å². The van der Waals surface area contributed by atoms with E-state index in [9.17, 15) is 0 Å². The van der Waals surface area contributed by atoms with E-state index in [2.05, 4.69) is 13.5 Å². The molecule has 0 atom stereocenters. The Morgan fingerprint density at radius 3 is 2.56 bits per heavy atom. The van der Waals surface area contributed by atoms with Crippen LogP contribution in [0.5, 0.6) is 0 Å². The zero-order valence-electron chi connectivity index (χ0n) is 5.94. The van der Waals surface area contributed by atoms with Gasteiger partial charge in [-0.05, 0) is 12.8 Å². The molecule has 0 aromatic carbocycles. The van der Waals surface area contributed by atoms with Crippen LogP contribution >= 0.6 is 0 Å². The fourth-order valence-corrected chi connectivity index (χ4v) is 0.849. The van der Waals surface area contributed by atoms with Crippen molar-refractivity contribution in [3.8, 4) is 0 Å². The predicted molar refractivity (Wildman–Crippen MR) is 37.6 cm³/mol. The molecule has 1 fully saturated rings. The molecule has 0 aliphatic carbocycles. The van der Waals surface area contributed by atoms with Crippen LogP contribution in [-0.2, 0) is 4.74 Å². The molecule has 1 rings (SSSR count). The summed E-state index contributed by atoms with van der Waals surface area (Å²) in [5, 5.41) is 0. The van der Waals surface area contributed by atoms with Gasteiger partial charge in [-0.3, -0.25) is 0 Å². The standard InChI is InChI=1S/C8H13O/c1-3-4-5-6-8-7(2)9-8/h2-6H2,1H3. The van der Waals surface area contributed by atoms with E-state index in [1.165, 1.54) is 19.3 Å². The van der Waals surface area contributed by atoms with Gasteiger partial charge in [0, 0.05) is 0 Å². The maximum absolute atomic E-state index is 4.99. The minimum absolute atomic E-state index is 0.908. The lowest BCUT2D eigenvalue weighted by molar-refractivity contribution is 0.476. The zero-order valence-corrected chi connectivity index (χ0v) is 5.94. The Labute approximate surface area is 56.7 Å². The van der Waals surface area contributed by atoms with Gasteiger partial charge in [0.15, 0.2) is 0 Å². The van der Waals surface area contributed by atoms with Crippen LogP contribution in [0.4, 0.5) is 0 Å². The van der Waals surface area contributed by atoms with Crippen molar-refractivity contribution < 1.29 is 4.74 Å². The molecule has 51 valence electrons. The van der Waals surface area contributed by atoms with Crippen molar-refractivity contribution in [2.45, 2.75) is 32.6 Å². The summed E-state index contributed by atoms with van der Waals surface area (Å²) in [5.74, 6) is 0.908. The molecule has 1 aliphatic rings. The first-order chi connectivity index (χ1) is 4.34. The smallest absolute Gasteiger partial charge is 0.211 e. The molecule has 0 bridgehead atoms. The highest BCUT2D eigenvalue weighted by Crippen LogP contribution is 2.37. The molecule has 1 nitrogen and oxygen atoms in total. The van der Waals surface area contributed by atoms with E-state index in [0.29, 0.717) is 0 Å². The van der Waals surface area contributed by atoms with Gasteiger partial charge in [-0.2, -0.15) is 0 Å². The fraction of sp³-hybridized carbons (Fsp3) is 0.625. The lowest BCUT2D eigenvalue weighted by Crippen LogP contribution is -1.75. The highest BCUT2D eigenvalue weighted by molar-refractivity contribution is 5.23. The molecular formula is C8H13O.